The van der Waals surface area contributed by atoms with Crippen molar-refractivity contribution in [2.75, 3.05) is 6.16 Å². The van der Waals surface area contributed by atoms with Gasteiger partial charge in [0.1, 0.15) is 5.76 Å². The summed E-state index contributed by atoms with van der Waals surface area (Å²) in [7, 11) is 0. The minimum Gasteiger partial charge on any atom is -0.470 e. The molecule has 0 aromatic rings. The summed E-state index contributed by atoms with van der Waals surface area (Å²) < 4.78 is 7.08. The van der Waals surface area contributed by atoms with Crippen LogP contribution in [0.4, 0.5) is 0 Å². The molecule has 0 radical (unpaired) electrons. The molecule has 15 heavy (non-hydrogen) atoms. The summed E-state index contributed by atoms with van der Waals surface area (Å²) in [6, 6.07) is 0. The van der Waals surface area contributed by atoms with Crippen LogP contribution in [0.1, 0.15) is 6.42 Å². The summed E-state index contributed by atoms with van der Waals surface area (Å²) in [4.78, 5) is 11.1. The topological polar surface area (TPSA) is 29.5 Å². The van der Waals surface area contributed by atoms with Crippen LogP contribution < -0.4 is 0 Å². The second-order valence-electron chi connectivity index (χ2n) is 3.27. The predicted molar refractivity (Wildman–Crippen MR) is 67.9 cm³/mol. The van der Waals surface area contributed by atoms with Crippen molar-refractivity contribution >= 4 is 47.5 Å². The molecule has 3 nitrogen and oxygen atoms in total. The fourth-order valence-corrected chi connectivity index (χ4v) is 3.34. The van der Waals surface area contributed by atoms with Gasteiger partial charge in [-0.15, -0.1) is 12.2 Å². The van der Waals surface area contributed by atoms with Crippen LogP contribution in [0.25, 0.3) is 0 Å². The molecule has 1 heterocycles. The molecule has 2 aliphatic rings. The number of halogens is 1. The molecule has 0 aromatic heterocycles. The molecule has 82 valence electrons. The summed E-state index contributed by atoms with van der Waals surface area (Å²) in [6.45, 7) is 0. The first-order valence-corrected chi connectivity index (χ1v) is 8.82. The Balaban J connectivity index is 2.14. The van der Waals surface area contributed by atoms with E-state index in [1.54, 1.807) is 6.08 Å². The van der Waals surface area contributed by atoms with Crippen LogP contribution in [-0.2, 0) is 21.3 Å². The Hall–Kier alpha value is 0.0400. The third-order valence-corrected chi connectivity index (χ3v) is 4.30. The average molecular weight is 282 g/mol. The molecule has 1 aliphatic carbocycles. The number of carbonyl (C=O) groups excluding carboxylic acids is 1. The largest absolute Gasteiger partial charge is 0.470 e. The molecular formula is C8H9ClNO2PS2. The summed E-state index contributed by atoms with van der Waals surface area (Å²) in [5.74, 6) is -0.431. The summed E-state index contributed by atoms with van der Waals surface area (Å²) in [5, 5.41) is 0. The van der Waals surface area contributed by atoms with E-state index in [-0.39, 0.29) is 18.4 Å². The van der Waals surface area contributed by atoms with Gasteiger partial charge < -0.3 is 4.74 Å². The van der Waals surface area contributed by atoms with Gasteiger partial charge in [0.2, 0.25) is 0 Å². The first-order valence-electron chi connectivity index (χ1n) is 4.35. The number of hydrogen-bond acceptors (Lipinski definition) is 4. The van der Waals surface area contributed by atoms with Crippen molar-refractivity contribution in [3.8, 4) is 0 Å². The smallest absolute Gasteiger partial charge is 0.191 e. The zero-order valence-electron chi connectivity index (χ0n) is 7.64. The van der Waals surface area contributed by atoms with Gasteiger partial charge in [-0.25, -0.2) is 4.42 Å². The zero-order valence-corrected chi connectivity index (χ0v) is 11.1. The number of hydrogen-bond donors (Lipinski definition) is 1. The molecule has 0 aromatic carbocycles. The lowest BCUT2D eigenvalue weighted by molar-refractivity contribution is -0.114. The van der Waals surface area contributed by atoms with Crippen LogP contribution in [0.2, 0.25) is 0 Å². The Labute approximate surface area is 104 Å². The predicted octanol–water partition coefficient (Wildman–Crippen LogP) is 2.06. The summed E-state index contributed by atoms with van der Waals surface area (Å²) >= 11 is 15.3. The van der Waals surface area contributed by atoms with Crippen molar-refractivity contribution in [3.05, 3.63) is 23.6 Å². The number of ketones is 1. The van der Waals surface area contributed by atoms with Crippen molar-refractivity contribution < 1.29 is 9.53 Å². The van der Waals surface area contributed by atoms with Crippen LogP contribution in [0.15, 0.2) is 23.6 Å². The fraction of sp³-hybridized carbons (Fsp3) is 0.375. The molecule has 2 unspecified atom stereocenters. The van der Waals surface area contributed by atoms with Gasteiger partial charge in [0, 0.05) is 17.9 Å². The van der Waals surface area contributed by atoms with E-state index >= 15 is 0 Å². The van der Waals surface area contributed by atoms with Gasteiger partial charge in [-0.3, -0.25) is 4.79 Å². The minimum atomic E-state index is -1.11. The standard InChI is InChI=1S/C8H9ClNO2PS2/c9-10-6-2-1-5(11)3-7(6)12-8(10)4-13(14)15/h1-2,8,13H,3-4H2,(H,14,15). The van der Waals surface area contributed by atoms with Gasteiger partial charge >= 0.3 is 0 Å². The number of ether oxygens (including phenoxy) is 1. The fourth-order valence-electron chi connectivity index (χ4n) is 1.50. The minimum absolute atomic E-state index is 0.0363. The van der Waals surface area contributed by atoms with Gasteiger partial charge in [-0.05, 0) is 18.1 Å². The van der Waals surface area contributed by atoms with Gasteiger partial charge in [0.05, 0.1) is 12.1 Å². The third kappa shape index (κ3) is 2.41. The maximum Gasteiger partial charge on any atom is 0.191 e. The Kier molecular flexibility index (Phi) is 3.45. The molecule has 7 heteroatoms. The Morgan fingerprint density at radius 3 is 3.13 bits per heavy atom. The SMILES string of the molecule is O=C1C=CC2=C(C1)OC(C[PH](=S)S)N2Cl. The molecule has 0 saturated carbocycles. The second kappa shape index (κ2) is 4.50. The average Bonchev–Trinajstić information content (AvgIpc) is 2.42. The number of nitrogens with zero attached hydrogens (tertiary/aromatic N) is 1. The number of thiol groups is 1. The molecule has 0 N–H and O–H groups in total. The van der Waals surface area contributed by atoms with Gasteiger partial charge in [0.25, 0.3) is 0 Å². The van der Waals surface area contributed by atoms with E-state index in [2.05, 4.69) is 12.2 Å². The normalized spacial score (nSPS) is 26.7. The maximum absolute atomic E-state index is 11.1. The number of allylic oxidation sites excluding steroid dienone is 3. The van der Waals surface area contributed by atoms with E-state index in [1.165, 1.54) is 10.5 Å². The van der Waals surface area contributed by atoms with Gasteiger partial charge in [0.15, 0.2) is 12.0 Å². The molecule has 0 spiro atoms. The van der Waals surface area contributed by atoms with Gasteiger partial charge in [-0.2, -0.15) is 0 Å². The molecule has 1 aliphatic heterocycles. The Morgan fingerprint density at radius 2 is 2.47 bits per heavy atom. The van der Waals surface area contributed by atoms with Crippen molar-refractivity contribution in [1.29, 1.82) is 0 Å². The van der Waals surface area contributed by atoms with Crippen LogP contribution in [0, 0.1) is 0 Å². The molecular weight excluding hydrogens is 273 g/mol. The molecule has 0 fully saturated rings. The number of carbonyl (C=O) groups is 1. The molecule has 2 atom stereocenters. The molecule has 2 rings (SSSR count). The highest BCUT2D eigenvalue weighted by Crippen LogP contribution is 2.38. The highest BCUT2D eigenvalue weighted by Gasteiger charge is 2.33. The lowest BCUT2D eigenvalue weighted by atomic mass is 10.1. The lowest BCUT2D eigenvalue weighted by Crippen LogP contribution is -2.23. The first kappa shape index (κ1) is 11.5. The highest BCUT2D eigenvalue weighted by molar-refractivity contribution is 8.56. The van der Waals surface area contributed by atoms with Crippen LogP contribution in [0.3, 0.4) is 0 Å². The monoisotopic (exact) mass is 281 g/mol. The van der Waals surface area contributed by atoms with Crippen molar-refractivity contribution in [1.82, 2.24) is 4.42 Å². The van der Waals surface area contributed by atoms with Crippen molar-refractivity contribution in [2.45, 2.75) is 12.6 Å². The van der Waals surface area contributed by atoms with Crippen LogP contribution >= 0.6 is 29.9 Å². The Bertz CT molecular complexity index is 396. The first-order chi connectivity index (χ1) is 7.08. The van der Waals surface area contributed by atoms with E-state index in [9.17, 15) is 4.79 Å². The maximum atomic E-state index is 11.1. The van der Waals surface area contributed by atoms with Crippen molar-refractivity contribution in [3.63, 3.8) is 0 Å². The highest BCUT2D eigenvalue weighted by atomic mass is 35.5. The lowest BCUT2D eigenvalue weighted by Gasteiger charge is -2.18. The van der Waals surface area contributed by atoms with Gasteiger partial charge in [-0.1, -0.05) is 11.8 Å². The van der Waals surface area contributed by atoms with Crippen molar-refractivity contribution in [2.24, 2.45) is 0 Å². The van der Waals surface area contributed by atoms with E-state index in [0.29, 0.717) is 11.9 Å². The Morgan fingerprint density at radius 1 is 1.73 bits per heavy atom. The van der Waals surface area contributed by atoms with E-state index in [4.69, 9.17) is 28.3 Å². The quantitative estimate of drug-likeness (QED) is 0.477. The number of rotatable bonds is 2. The zero-order chi connectivity index (χ0) is 11.0. The molecule has 0 amide bonds. The van der Waals surface area contributed by atoms with E-state index < -0.39 is 5.90 Å². The summed E-state index contributed by atoms with van der Waals surface area (Å²) in [6.07, 6.45) is 3.86. The third-order valence-electron chi connectivity index (χ3n) is 2.16. The van der Waals surface area contributed by atoms with E-state index in [1.807, 2.05) is 0 Å². The van der Waals surface area contributed by atoms with Crippen LogP contribution in [-0.4, -0.2) is 22.6 Å². The summed E-state index contributed by atoms with van der Waals surface area (Å²) in [5.41, 5.74) is 0.771. The molecule has 0 bridgehead atoms. The second-order valence-corrected chi connectivity index (χ2v) is 8.83. The molecule has 0 saturated heterocycles. The van der Waals surface area contributed by atoms with E-state index in [0.717, 1.165) is 5.70 Å². The van der Waals surface area contributed by atoms with Crippen LogP contribution in [0.5, 0.6) is 0 Å².